The molecule has 0 saturated heterocycles. The lowest BCUT2D eigenvalue weighted by atomic mass is 10.1. The molecule has 2 aromatic heterocycles. The van der Waals surface area contributed by atoms with Gasteiger partial charge in [-0.15, -0.1) is 0 Å². The second-order valence-corrected chi connectivity index (χ2v) is 5.25. The highest BCUT2D eigenvalue weighted by atomic mass is 15.3. The first-order valence-electron chi connectivity index (χ1n) is 6.65. The van der Waals surface area contributed by atoms with Crippen LogP contribution in [0.3, 0.4) is 0 Å². The molecule has 0 unspecified atom stereocenters. The standard InChI is InChI=1S/C14H19N5/c1-10-6-13(18(3)17-10)9-19-5-4-14-12(8-19)7-15-11(2)16-14/h6-7H,4-5,8-9H2,1-3H3. The Morgan fingerprint density at radius 1 is 1.32 bits per heavy atom. The Labute approximate surface area is 113 Å². The number of aromatic nitrogens is 4. The Morgan fingerprint density at radius 3 is 2.89 bits per heavy atom. The Hall–Kier alpha value is -1.75. The summed E-state index contributed by atoms with van der Waals surface area (Å²) in [7, 11) is 2.01. The molecule has 0 aromatic carbocycles. The monoisotopic (exact) mass is 257 g/mol. The minimum atomic E-state index is 0.870. The molecule has 100 valence electrons. The fourth-order valence-corrected chi connectivity index (χ4v) is 2.65. The average Bonchev–Trinajstić information content (AvgIpc) is 2.68. The van der Waals surface area contributed by atoms with Crippen molar-refractivity contribution in [3.63, 3.8) is 0 Å². The van der Waals surface area contributed by atoms with E-state index in [2.05, 4.69) is 26.0 Å². The van der Waals surface area contributed by atoms with Crippen LogP contribution in [0.2, 0.25) is 0 Å². The molecule has 3 rings (SSSR count). The molecular formula is C14H19N5. The quantitative estimate of drug-likeness (QED) is 0.815. The van der Waals surface area contributed by atoms with Crippen molar-refractivity contribution in [2.75, 3.05) is 6.54 Å². The first-order chi connectivity index (χ1) is 9.11. The Morgan fingerprint density at radius 2 is 2.16 bits per heavy atom. The second kappa shape index (κ2) is 4.74. The van der Waals surface area contributed by atoms with E-state index < -0.39 is 0 Å². The van der Waals surface area contributed by atoms with Gasteiger partial charge in [-0.3, -0.25) is 9.58 Å². The summed E-state index contributed by atoms with van der Waals surface area (Å²) in [6.07, 6.45) is 2.98. The van der Waals surface area contributed by atoms with Crippen molar-refractivity contribution >= 4 is 0 Å². The van der Waals surface area contributed by atoms with Crippen LogP contribution in [0.5, 0.6) is 0 Å². The summed E-state index contributed by atoms with van der Waals surface area (Å²) in [6.45, 7) is 6.90. The van der Waals surface area contributed by atoms with Gasteiger partial charge in [0.2, 0.25) is 0 Å². The van der Waals surface area contributed by atoms with Gasteiger partial charge in [0, 0.05) is 50.6 Å². The lowest BCUT2D eigenvalue weighted by Crippen LogP contribution is -2.31. The highest BCUT2D eigenvalue weighted by Crippen LogP contribution is 2.18. The number of hydrogen-bond donors (Lipinski definition) is 0. The Bertz CT molecular complexity index is 602. The van der Waals surface area contributed by atoms with E-state index in [-0.39, 0.29) is 0 Å². The fourth-order valence-electron chi connectivity index (χ4n) is 2.65. The molecule has 1 aliphatic heterocycles. The van der Waals surface area contributed by atoms with Crippen LogP contribution in [0, 0.1) is 13.8 Å². The molecule has 2 aromatic rings. The number of aryl methyl sites for hydroxylation is 3. The van der Waals surface area contributed by atoms with Gasteiger partial charge in [-0.2, -0.15) is 5.10 Å². The van der Waals surface area contributed by atoms with Crippen LogP contribution in [-0.4, -0.2) is 31.2 Å². The molecule has 0 amide bonds. The van der Waals surface area contributed by atoms with E-state index in [0.717, 1.165) is 37.6 Å². The van der Waals surface area contributed by atoms with Gasteiger partial charge in [-0.1, -0.05) is 0 Å². The predicted octanol–water partition coefficient (Wildman–Crippen LogP) is 1.39. The summed E-state index contributed by atoms with van der Waals surface area (Å²) in [5.41, 5.74) is 4.81. The van der Waals surface area contributed by atoms with Gasteiger partial charge in [0.25, 0.3) is 0 Å². The van der Waals surface area contributed by atoms with E-state index in [1.54, 1.807) is 0 Å². The van der Waals surface area contributed by atoms with E-state index in [9.17, 15) is 0 Å². The molecule has 0 aliphatic carbocycles. The molecule has 0 bridgehead atoms. The van der Waals surface area contributed by atoms with E-state index in [0.29, 0.717) is 0 Å². The van der Waals surface area contributed by atoms with Gasteiger partial charge >= 0.3 is 0 Å². The second-order valence-electron chi connectivity index (χ2n) is 5.25. The molecule has 19 heavy (non-hydrogen) atoms. The van der Waals surface area contributed by atoms with Crippen molar-refractivity contribution in [3.05, 3.63) is 40.7 Å². The first kappa shape index (κ1) is 12.3. The van der Waals surface area contributed by atoms with Gasteiger partial charge in [0.05, 0.1) is 11.4 Å². The van der Waals surface area contributed by atoms with Gasteiger partial charge in [0.15, 0.2) is 0 Å². The molecule has 0 atom stereocenters. The van der Waals surface area contributed by atoms with Crippen LogP contribution in [-0.2, 0) is 26.6 Å². The van der Waals surface area contributed by atoms with E-state index in [1.807, 2.05) is 31.8 Å². The number of nitrogens with zero attached hydrogens (tertiary/aromatic N) is 5. The van der Waals surface area contributed by atoms with Gasteiger partial charge < -0.3 is 0 Å². The molecule has 0 N–H and O–H groups in total. The van der Waals surface area contributed by atoms with Crippen LogP contribution >= 0.6 is 0 Å². The third kappa shape index (κ3) is 2.51. The maximum atomic E-state index is 4.52. The van der Waals surface area contributed by atoms with Crippen LogP contribution in [0.1, 0.15) is 28.5 Å². The molecule has 0 fully saturated rings. The lowest BCUT2D eigenvalue weighted by molar-refractivity contribution is 0.236. The van der Waals surface area contributed by atoms with Crippen molar-refractivity contribution in [2.45, 2.75) is 33.4 Å². The fraction of sp³-hybridized carbons (Fsp3) is 0.500. The van der Waals surface area contributed by atoms with Gasteiger partial charge in [0.1, 0.15) is 5.82 Å². The van der Waals surface area contributed by atoms with Crippen LogP contribution < -0.4 is 0 Å². The number of rotatable bonds is 2. The lowest BCUT2D eigenvalue weighted by Gasteiger charge is -2.27. The van der Waals surface area contributed by atoms with Crippen molar-refractivity contribution in [2.24, 2.45) is 7.05 Å². The molecular weight excluding hydrogens is 238 g/mol. The normalized spacial score (nSPS) is 15.5. The summed E-state index contributed by atoms with van der Waals surface area (Å²) in [5.74, 6) is 0.870. The molecule has 5 heteroatoms. The third-order valence-electron chi connectivity index (χ3n) is 3.62. The zero-order chi connectivity index (χ0) is 13.4. The predicted molar refractivity (Wildman–Crippen MR) is 72.5 cm³/mol. The van der Waals surface area contributed by atoms with Crippen molar-refractivity contribution < 1.29 is 0 Å². The largest absolute Gasteiger partial charge is 0.293 e. The SMILES string of the molecule is Cc1cc(CN2CCc3nc(C)ncc3C2)n(C)n1. The maximum Gasteiger partial charge on any atom is 0.125 e. The molecule has 3 heterocycles. The van der Waals surface area contributed by atoms with E-state index >= 15 is 0 Å². The number of fused-ring (bicyclic) bond motifs is 1. The Kier molecular flexibility index (Phi) is 3.06. The van der Waals surface area contributed by atoms with Crippen LogP contribution in [0.15, 0.2) is 12.3 Å². The van der Waals surface area contributed by atoms with Gasteiger partial charge in [-0.25, -0.2) is 9.97 Å². The smallest absolute Gasteiger partial charge is 0.125 e. The summed E-state index contributed by atoms with van der Waals surface area (Å²) in [5, 5.41) is 4.40. The van der Waals surface area contributed by atoms with Crippen molar-refractivity contribution in [3.8, 4) is 0 Å². The zero-order valence-corrected chi connectivity index (χ0v) is 11.7. The highest BCUT2D eigenvalue weighted by molar-refractivity contribution is 5.20. The average molecular weight is 257 g/mol. The third-order valence-corrected chi connectivity index (χ3v) is 3.62. The van der Waals surface area contributed by atoms with Gasteiger partial charge in [-0.05, 0) is 19.9 Å². The minimum absolute atomic E-state index is 0.870. The van der Waals surface area contributed by atoms with Crippen molar-refractivity contribution in [1.82, 2.24) is 24.6 Å². The zero-order valence-electron chi connectivity index (χ0n) is 11.7. The number of hydrogen-bond acceptors (Lipinski definition) is 4. The summed E-state index contributed by atoms with van der Waals surface area (Å²) >= 11 is 0. The van der Waals surface area contributed by atoms with Crippen molar-refractivity contribution in [1.29, 1.82) is 0 Å². The molecule has 0 radical (unpaired) electrons. The first-order valence-corrected chi connectivity index (χ1v) is 6.65. The topological polar surface area (TPSA) is 46.8 Å². The summed E-state index contributed by atoms with van der Waals surface area (Å²) in [4.78, 5) is 11.2. The molecule has 1 aliphatic rings. The molecule has 0 saturated carbocycles. The maximum absolute atomic E-state index is 4.52. The molecule has 5 nitrogen and oxygen atoms in total. The Balaban J connectivity index is 1.75. The minimum Gasteiger partial charge on any atom is -0.293 e. The molecule has 0 spiro atoms. The van der Waals surface area contributed by atoms with E-state index in [1.165, 1.54) is 17.0 Å². The summed E-state index contributed by atoms with van der Waals surface area (Å²) < 4.78 is 1.97. The summed E-state index contributed by atoms with van der Waals surface area (Å²) in [6, 6.07) is 2.15. The van der Waals surface area contributed by atoms with E-state index in [4.69, 9.17) is 0 Å². The van der Waals surface area contributed by atoms with Crippen LogP contribution in [0.4, 0.5) is 0 Å². The van der Waals surface area contributed by atoms with Crippen LogP contribution in [0.25, 0.3) is 0 Å². The highest BCUT2D eigenvalue weighted by Gasteiger charge is 2.19.